The number of imidazole rings is 1. The summed E-state index contributed by atoms with van der Waals surface area (Å²) in [5.41, 5.74) is 0.807. The SMILES string of the molecule is Cc1cc(C(=O)Nc2ccc(CN3CCN(C)CC3)c(C(F)(F)F)c2)cc(C#Cc2cnc(C=CC(C)Cl)n2N)c1C(C)F. The van der Waals surface area contributed by atoms with E-state index in [9.17, 15) is 22.4 Å². The number of alkyl halides is 5. The number of nitrogens with zero attached hydrogens (tertiary/aromatic N) is 4. The van der Waals surface area contributed by atoms with E-state index in [4.69, 9.17) is 17.4 Å². The molecule has 1 aliphatic rings. The topological polar surface area (TPSA) is 79.4 Å². The van der Waals surface area contributed by atoms with Crippen molar-refractivity contribution in [2.75, 3.05) is 44.4 Å². The molecule has 2 atom stereocenters. The van der Waals surface area contributed by atoms with Crippen LogP contribution in [-0.2, 0) is 12.7 Å². The summed E-state index contributed by atoms with van der Waals surface area (Å²) in [6.45, 7) is 7.85. The van der Waals surface area contributed by atoms with Crippen molar-refractivity contribution in [1.82, 2.24) is 19.5 Å². The van der Waals surface area contributed by atoms with E-state index in [0.717, 1.165) is 19.2 Å². The molecule has 2 aromatic carbocycles. The molecule has 0 bridgehead atoms. The Balaban J connectivity index is 1.61. The van der Waals surface area contributed by atoms with E-state index >= 15 is 0 Å². The zero-order valence-corrected chi connectivity index (χ0v) is 25.7. The molecule has 7 nitrogen and oxygen atoms in total. The molecule has 1 amide bonds. The quantitative estimate of drug-likeness (QED) is 0.145. The van der Waals surface area contributed by atoms with Gasteiger partial charge < -0.3 is 16.1 Å². The number of likely N-dealkylation sites (N-methyl/N-ethyl adjacent to an activating group) is 1. The highest BCUT2D eigenvalue weighted by atomic mass is 35.5. The normalized spacial score (nSPS) is 16.0. The fourth-order valence-corrected chi connectivity index (χ4v) is 5.08. The number of rotatable bonds is 7. The molecule has 3 N–H and O–H groups in total. The highest BCUT2D eigenvalue weighted by Crippen LogP contribution is 2.35. The number of amides is 1. The van der Waals surface area contributed by atoms with Crippen LogP contribution in [0.3, 0.4) is 0 Å². The molecule has 44 heavy (non-hydrogen) atoms. The second-order valence-corrected chi connectivity index (χ2v) is 11.6. The summed E-state index contributed by atoms with van der Waals surface area (Å²) in [7, 11) is 1.98. The van der Waals surface area contributed by atoms with Crippen molar-refractivity contribution in [3.63, 3.8) is 0 Å². The molecular weight excluding hydrogens is 596 g/mol. The molecule has 0 saturated carbocycles. The number of aryl methyl sites for hydroxylation is 1. The van der Waals surface area contributed by atoms with Crippen LogP contribution in [0.1, 0.15) is 69.7 Å². The third-order valence-corrected chi connectivity index (χ3v) is 7.52. The molecule has 2 unspecified atom stereocenters. The van der Waals surface area contributed by atoms with Gasteiger partial charge in [0.05, 0.1) is 11.8 Å². The van der Waals surface area contributed by atoms with Crippen LogP contribution in [0.2, 0.25) is 0 Å². The Hall–Kier alpha value is -3.85. The van der Waals surface area contributed by atoms with Crippen LogP contribution in [0.15, 0.2) is 42.6 Å². The number of nitrogens with one attached hydrogen (secondary N) is 1. The molecule has 1 aromatic heterocycles. The van der Waals surface area contributed by atoms with Gasteiger partial charge in [-0.15, -0.1) is 11.6 Å². The number of nitrogens with two attached hydrogens (primary N) is 1. The number of allylic oxidation sites excluding steroid dienone is 1. The van der Waals surface area contributed by atoms with Crippen molar-refractivity contribution in [1.29, 1.82) is 0 Å². The molecule has 234 valence electrons. The van der Waals surface area contributed by atoms with Gasteiger partial charge in [-0.3, -0.25) is 9.69 Å². The highest BCUT2D eigenvalue weighted by molar-refractivity contribution is 6.21. The lowest BCUT2D eigenvalue weighted by Gasteiger charge is -2.33. The maximum absolute atomic E-state index is 14.7. The van der Waals surface area contributed by atoms with Gasteiger partial charge in [0, 0.05) is 60.5 Å². The fraction of sp³-hybridized carbons (Fsp3) is 0.375. The highest BCUT2D eigenvalue weighted by Gasteiger charge is 2.34. The second-order valence-electron chi connectivity index (χ2n) is 10.9. The second kappa shape index (κ2) is 13.8. The molecule has 0 aliphatic carbocycles. The first kappa shape index (κ1) is 33.1. The number of carbonyl (C=O) groups is 1. The smallest absolute Gasteiger partial charge is 0.337 e. The Labute approximate surface area is 259 Å². The van der Waals surface area contributed by atoms with Gasteiger partial charge in [0.15, 0.2) is 5.82 Å². The molecular formula is C32H35ClF4N6O. The van der Waals surface area contributed by atoms with E-state index in [-0.39, 0.29) is 34.3 Å². The first-order chi connectivity index (χ1) is 20.7. The lowest BCUT2D eigenvalue weighted by molar-refractivity contribution is -0.138. The van der Waals surface area contributed by atoms with E-state index < -0.39 is 23.8 Å². The Morgan fingerprint density at radius 1 is 1.16 bits per heavy atom. The van der Waals surface area contributed by atoms with Crippen molar-refractivity contribution in [2.24, 2.45) is 0 Å². The molecule has 2 heterocycles. The van der Waals surface area contributed by atoms with Crippen molar-refractivity contribution >= 4 is 29.3 Å². The van der Waals surface area contributed by atoms with Crippen LogP contribution in [0.25, 0.3) is 6.08 Å². The third-order valence-electron chi connectivity index (χ3n) is 7.37. The van der Waals surface area contributed by atoms with Crippen LogP contribution >= 0.6 is 11.6 Å². The number of benzene rings is 2. The summed E-state index contributed by atoms with van der Waals surface area (Å²) in [6.07, 6.45) is -1.19. The predicted octanol–water partition coefficient (Wildman–Crippen LogP) is 5.99. The van der Waals surface area contributed by atoms with Gasteiger partial charge in [-0.05, 0) is 75.2 Å². The van der Waals surface area contributed by atoms with Crippen LogP contribution in [0.4, 0.5) is 23.2 Å². The number of hydrogen-bond acceptors (Lipinski definition) is 5. The monoisotopic (exact) mass is 630 g/mol. The molecule has 12 heteroatoms. The zero-order chi connectivity index (χ0) is 32.2. The van der Waals surface area contributed by atoms with E-state index in [1.54, 1.807) is 26.0 Å². The Morgan fingerprint density at radius 3 is 2.50 bits per heavy atom. The molecule has 1 aliphatic heterocycles. The van der Waals surface area contributed by atoms with E-state index in [1.807, 2.05) is 11.9 Å². The summed E-state index contributed by atoms with van der Waals surface area (Å²) in [5.74, 6) is 11.6. The molecule has 0 spiro atoms. The first-order valence-electron chi connectivity index (χ1n) is 14.1. The van der Waals surface area contributed by atoms with Crippen LogP contribution in [0, 0.1) is 18.8 Å². The number of piperazine rings is 1. The van der Waals surface area contributed by atoms with Crippen LogP contribution in [-0.4, -0.2) is 64.0 Å². The largest absolute Gasteiger partial charge is 0.416 e. The molecule has 3 aromatic rings. The van der Waals surface area contributed by atoms with Gasteiger partial charge in [0.2, 0.25) is 0 Å². The first-order valence-corrected chi connectivity index (χ1v) is 14.5. The predicted molar refractivity (Wildman–Crippen MR) is 166 cm³/mol. The van der Waals surface area contributed by atoms with E-state index in [1.165, 1.54) is 42.1 Å². The summed E-state index contributed by atoms with van der Waals surface area (Å²) < 4.78 is 58.1. The van der Waals surface area contributed by atoms with Gasteiger partial charge in [0.1, 0.15) is 11.9 Å². The number of anilines is 1. The van der Waals surface area contributed by atoms with Gasteiger partial charge in [-0.1, -0.05) is 18.1 Å². The number of carbonyl (C=O) groups excluding carboxylic acids is 1. The summed E-state index contributed by atoms with van der Waals surface area (Å²) in [4.78, 5) is 21.6. The number of aromatic nitrogens is 2. The van der Waals surface area contributed by atoms with Crippen LogP contribution in [0.5, 0.6) is 0 Å². The average molecular weight is 631 g/mol. The lowest BCUT2D eigenvalue weighted by Crippen LogP contribution is -2.44. The maximum Gasteiger partial charge on any atom is 0.416 e. The van der Waals surface area contributed by atoms with Crippen molar-refractivity contribution in [2.45, 2.75) is 45.0 Å². The van der Waals surface area contributed by atoms with Gasteiger partial charge in [-0.2, -0.15) is 13.2 Å². The molecule has 1 saturated heterocycles. The minimum Gasteiger partial charge on any atom is -0.337 e. The zero-order valence-electron chi connectivity index (χ0n) is 25.0. The number of hydrogen-bond donors (Lipinski definition) is 2. The molecule has 0 radical (unpaired) electrons. The van der Waals surface area contributed by atoms with Crippen molar-refractivity contribution in [3.8, 4) is 11.8 Å². The number of nitrogen functional groups attached to an aromatic ring is 1. The summed E-state index contributed by atoms with van der Waals surface area (Å²) in [6, 6.07) is 6.72. The Bertz CT molecular complexity index is 1590. The summed E-state index contributed by atoms with van der Waals surface area (Å²) in [5, 5.41) is 2.34. The Kier molecular flexibility index (Phi) is 10.4. The minimum absolute atomic E-state index is 0.00319. The Morgan fingerprint density at radius 2 is 1.86 bits per heavy atom. The third kappa shape index (κ3) is 8.20. The molecule has 4 rings (SSSR count). The maximum atomic E-state index is 14.7. The van der Waals surface area contributed by atoms with E-state index in [2.05, 4.69) is 27.0 Å². The van der Waals surface area contributed by atoms with Gasteiger partial charge in [0.25, 0.3) is 5.91 Å². The van der Waals surface area contributed by atoms with Crippen molar-refractivity contribution < 1.29 is 22.4 Å². The lowest BCUT2D eigenvalue weighted by atomic mass is 9.95. The summed E-state index contributed by atoms with van der Waals surface area (Å²) >= 11 is 5.94. The average Bonchev–Trinajstić information content (AvgIpc) is 3.30. The van der Waals surface area contributed by atoms with Gasteiger partial charge in [-0.25, -0.2) is 14.1 Å². The van der Waals surface area contributed by atoms with Gasteiger partial charge >= 0.3 is 6.18 Å². The minimum atomic E-state index is -4.60. The van der Waals surface area contributed by atoms with Crippen LogP contribution < -0.4 is 11.2 Å². The van der Waals surface area contributed by atoms with Crippen molar-refractivity contribution in [3.05, 3.63) is 87.5 Å². The molecule has 1 fully saturated rings. The standard InChI is InChI=1S/C32H35ClF4N6O/c1-20-15-25(16-23(30(20)22(3)34)7-9-27-18-39-29(43(27)38)10-5-21(2)33)31(44)40-26-8-6-24(28(17-26)32(35,36)37)19-42-13-11-41(4)12-14-42/h5-6,8,10,15-18,21-22H,11-14,19,38H2,1-4H3,(H,40,44). The number of halogens is 5. The fourth-order valence-electron chi connectivity index (χ4n) is 5.01. The van der Waals surface area contributed by atoms with E-state index in [0.29, 0.717) is 35.7 Å².